The maximum Gasteiger partial charge on any atom is 0.135 e. The molecule has 1 aromatic carbocycles. The maximum absolute atomic E-state index is 14.7. The van der Waals surface area contributed by atoms with Crippen LogP contribution in [-0.2, 0) is 4.74 Å². The van der Waals surface area contributed by atoms with Gasteiger partial charge in [-0.3, -0.25) is 9.67 Å². The Balaban J connectivity index is 1.39. The summed E-state index contributed by atoms with van der Waals surface area (Å²) in [6.45, 7) is 2.47. The summed E-state index contributed by atoms with van der Waals surface area (Å²) in [7, 11) is 0. The lowest BCUT2D eigenvalue weighted by Gasteiger charge is -2.29. The first-order valence-electron chi connectivity index (χ1n) is 11.3. The Morgan fingerprint density at radius 2 is 1.94 bits per heavy atom. The Bertz CT molecular complexity index is 1350. The van der Waals surface area contributed by atoms with Crippen molar-refractivity contribution in [1.82, 2.24) is 24.7 Å². The minimum Gasteiger partial charge on any atom is -0.373 e. The van der Waals surface area contributed by atoms with Gasteiger partial charge in [-0.05, 0) is 50.8 Å². The first-order chi connectivity index (χ1) is 16.0. The fraction of sp³-hybridized carbons (Fsp3) is 0.360. The van der Waals surface area contributed by atoms with Gasteiger partial charge in [0.1, 0.15) is 22.8 Å². The molecule has 0 spiro atoms. The van der Waals surface area contributed by atoms with Crippen LogP contribution >= 0.6 is 0 Å². The van der Waals surface area contributed by atoms with Crippen molar-refractivity contribution < 1.29 is 13.5 Å². The van der Waals surface area contributed by atoms with Crippen LogP contribution in [0.1, 0.15) is 60.7 Å². The number of ether oxygens (including phenoxy) is 1. The topological polar surface area (TPSA) is 65.7 Å². The van der Waals surface area contributed by atoms with E-state index in [0.29, 0.717) is 29.4 Å². The molecule has 0 radical (unpaired) electrons. The third-order valence-electron chi connectivity index (χ3n) is 6.47. The van der Waals surface area contributed by atoms with Gasteiger partial charge in [-0.1, -0.05) is 0 Å². The molecular formula is C25H23F2N5O. The molecule has 2 fully saturated rings. The molecule has 0 bridgehead atoms. The fourth-order valence-electron chi connectivity index (χ4n) is 4.57. The van der Waals surface area contributed by atoms with E-state index in [1.54, 1.807) is 6.20 Å². The second-order valence-electron chi connectivity index (χ2n) is 8.96. The number of benzene rings is 1. The quantitative estimate of drug-likeness (QED) is 0.417. The number of hydrogen-bond donors (Lipinski definition) is 0. The van der Waals surface area contributed by atoms with Gasteiger partial charge in [-0.25, -0.2) is 18.7 Å². The van der Waals surface area contributed by atoms with Crippen LogP contribution in [0, 0.1) is 18.6 Å². The van der Waals surface area contributed by atoms with Crippen molar-refractivity contribution in [3.05, 3.63) is 71.4 Å². The first-order valence-corrected chi connectivity index (χ1v) is 11.3. The van der Waals surface area contributed by atoms with E-state index in [4.69, 9.17) is 9.72 Å². The van der Waals surface area contributed by atoms with Gasteiger partial charge in [0, 0.05) is 47.8 Å². The third kappa shape index (κ3) is 3.88. The van der Waals surface area contributed by atoms with Crippen LogP contribution in [0.2, 0.25) is 0 Å². The van der Waals surface area contributed by atoms with Crippen molar-refractivity contribution in [2.45, 2.75) is 50.7 Å². The molecule has 1 saturated carbocycles. The van der Waals surface area contributed by atoms with Crippen LogP contribution in [0.25, 0.3) is 22.3 Å². The monoisotopic (exact) mass is 447 g/mol. The standard InChI is InChI=1S/C25H23F2N5O/c1-14-11-28-25-22(30-14)10-21(31-24(25)19-5-2-17(26)9-20(19)27)15-6-7-33-23(8-15)16-12-29-32(13-16)18-3-4-18/h2,5,9-13,15,18,23H,3-4,6-8H2,1H3/t15-,23+/m1/s1. The molecule has 33 heavy (non-hydrogen) atoms. The highest BCUT2D eigenvalue weighted by molar-refractivity contribution is 5.89. The maximum atomic E-state index is 14.7. The Morgan fingerprint density at radius 1 is 1.06 bits per heavy atom. The average Bonchev–Trinajstić information content (AvgIpc) is 3.54. The van der Waals surface area contributed by atoms with E-state index < -0.39 is 11.6 Å². The molecule has 4 aromatic rings. The van der Waals surface area contributed by atoms with Crippen LogP contribution in [0.15, 0.2) is 42.9 Å². The highest BCUT2D eigenvalue weighted by Gasteiger charge is 2.30. The lowest BCUT2D eigenvalue weighted by Crippen LogP contribution is -2.19. The predicted molar refractivity (Wildman–Crippen MR) is 119 cm³/mol. The first kappa shape index (κ1) is 20.4. The number of nitrogens with zero attached hydrogens (tertiary/aromatic N) is 5. The number of hydrogen-bond acceptors (Lipinski definition) is 5. The summed E-state index contributed by atoms with van der Waals surface area (Å²) in [5.41, 5.74) is 4.43. The van der Waals surface area contributed by atoms with Gasteiger partial charge in [0.15, 0.2) is 0 Å². The summed E-state index contributed by atoms with van der Waals surface area (Å²) >= 11 is 0. The van der Waals surface area contributed by atoms with Crippen molar-refractivity contribution in [2.24, 2.45) is 0 Å². The number of aromatic nitrogens is 5. The fourth-order valence-corrected chi connectivity index (χ4v) is 4.57. The number of pyridine rings is 1. The molecule has 0 N–H and O–H groups in total. The van der Waals surface area contributed by atoms with Crippen molar-refractivity contribution >= 4 is 11.0 Å². The average molecular weight is 447 g/mol. The van der Waals surface area contributed by atoms with Crippen molar-refractivity contribution in [2.75, 3.05) is 6.61 Å². The summed E-state index contributed by atoms with van der Waals surface area (Å²) in [4.78, 5) is 13.9. The molecule has 8 heteroatoms. The number of fused-ring (bicyclic) bond motifs is 1. The van der Waals surface area contributed by atoms with E-state index in [1.165, 1.54) is 25.0 Å². The van der Waals surface area contributed by atoms with E-state index in [-0.39, 0.29) is 17.6 Å². The zero-order chi connectivity index (χ0) is 22.5. The summed E-state index contributed by atoms with van der Waals surface area (Å²) in [5, 5.41) is 4.50. The second kappa shape index (κ2) is 7.95. The number of halogens is 2. The highest BCUT2D eigenvalue weighted by atomic mass is 19.1. The molecular weight excluding hydrogens is 424 g/mol. The molecule has 2 atom stereocenters. The van der Waals surface area contributed by atoms with Gasteiger partial charge >= 0.3 is 0 Å². The molecule has 168 valence electrons. The Hall–Kier alpha value is -3.26. The minimum absolute atomic E-state index is 0.0663. The van der Waals surface area contributed by atoms with E-state index >= 15 is 0 Å². The molecule has 1 saturated heterocycles. The Morgan fingerprint density at radius 3 is 2.76 bits per heavy atom. The summed E-state index contributed by atoms with van der Waals surface area (Å²) in [6, 6.07) is 5.99. The van der Waals surface area contributed by atoms with Gasteiger partial charge in [0.2, 0.25) is 0 Å². The largest absolute Gasteiger partial charge is 0.373 e. The number of rotatable bonds is 4. The van der Waals surface area contributed by atoms with Crippen LogP contribution in [-0.4, -0.2) is 31.3 Å². The summed E-state index contributed by atoms with van der Waals surface area (Å²) < 4.78 is 36.4. The minimum atomic E-state index is -0.666. The molecule has 1 aliphatic carbocycles. The molecule has 4 heterocycles. The molecule has 6 nitrogen and oxygen atoms in total. The molecule has 3 aromatic heterocycles. The van der Waals surface area contributed by atoms with Crippen LogP contribution in [0.5, 0.6) is 0 Å². The molecule has 6 rings (SSSR count). The van der Waals surface area contributed by atoms with E-state index in [9.17, 15) is 8.78 Å². The summed E-state index contributed by atoms with van der Waals surface area (Å²) in [5.74, 6) is -1.18. The zero-order valence-corrected chi connectivity index (χ0v) is 18.2. The van der Waals surface area contributed by atoms with E-state index in [0.717, 1.165) is 35.9 Å². The third-order valence-corrected chi connectivity index (χ3v) is 6.47. The van der Waals surface area contributed by atoms with Gasteiger partial charge in [0.25, 0.3) is 0 Å². The molecule has 1 aliphatic heterocycles. The van der Waals surface area contributed by atoms with Crippen molar-refractivity contribution in [3.63, 3.8) is 0 Å². The summed E-state index contributed by atoms with van der Waals surface area (Å²) in [6.07, 6.45) is 9.47. The Kier molecular flexibility index (Phi) is 4.90. The smallest absolute Gasteiger partial charge is 0.135 e. The van der Waals surface area contributed by atoms with Gasteiger partial charge in [-0.15, -0.1) is 0 Å². The van der Waals surface area contributed by atoms with Crippen LogP contribution in [0.3, 0.4) is 0 Å². The molecule has 2 aliphatic rings. The highest BCUT2D eigenvalue weighted by Crippen LogP contribution is 2.40. The molecule has 0 amide bonds. The predicted octanol–water partition coefficient (Wildman–Crippen LogP) is 5.45. The zero-order valence-electron chi connectivity index (χ0n) is 18.2. The SMILES string of the molecule is Cc1cnc2c(-c3ccc(F)cc3F)nc([C@@H]3CCO[C@H](c4cnn(C5CC5)c4)C3)cc2n1. The lowest BCUT2D eigenvalue weighted by molar-refractivity contribution is 0.00462. The van der Waals surface area contributed by atoms with Crippen LogP contribution in [0.4, 0.5) is 8.78 Å². The van der Waals surface area contributed by atoms with Crippen molar-refractivity contribution in [3.8, 4) is 11.3 Å². The van der Waals surface area contributed by atoms with Crippen LogP contribution < -0.4 is 0 Å². The van der Waals surface area contributed by atoms with Gasteiger partial charge in [-0.2, -0.15) is 5.10 Å². The van der Waals surface area contributed by atoms with Crippen molar-refractivity contribution in [1.29, 1.82) is 0 Å². The van der Waals surface area contributed by atoms with E-state index in [1.807, 2.05) is 23.9 Å². The van der Waals surface area contributed by atoms with Gasteiger partial charge < -0.3 is 4.74 Å². The Labute approximate surface area is 189 Å². The number of aryl methyl sites for hydroxylation is 1. The normalized spacial score (nSPS) is 20.9. The van der Waals surface area contributed by atoms with Gasteiger partial charge in [0.05, 0.1) is 29.6 Å². The second-order valence-corrected chi connectivity index (χ2v) is 8.96. The van der Waals surface area contributed by atoms with E-state index in [2.05, 4.69) is 21.3 Å². The molecule has 0 unspecified atom stereocenters. The lowest BCUT2D eigenvalue weighted by atomic mass is 9.89.